The highest BCUT2D eigenvalue weighted by atomic mass is 32.2. The molecule has 0 aliphatic carbocycles. The molecular weight excluding hydrogens is 438 g/mol. The van der Waals surface area contributed by atoms with Crippen molar-refractivity contribution in [3.05, 3.63) is 76.3 Å². The number of carbonyl (C=O) groups is 2. The number of benzene rings is 2. The summed E-state index contributed by atoms with van der Waals surface area (Å²) in [6, 6.07) is 14.5. The third-order valence-electron chi connectivity index (χ3n) is 4.30. The largest absolute Gasteiger partial charge is 0.452 e. The van der Waals surface area contributed by atoms with Crippen LogP contribution in [0.15, 0.2) is 59.5 Å². The fourth-order valence-electron chi connectivity index (χ4n) is 2.54. The monoisotopic (exact) mass is 459 g/mol. The van der Waals surface area contributed by atoms with Crippen LogP contribution >= 0.6 is 11.3 Å². The van der Waals surface area contributed by atoms with Crippen molar-refractivity contribution < 1.29 is 22.7 Å². The molecule has 0 atom stereocenters. The number of ether oxygens (including phenoxy) is 1. The van der Waals surface area contributed by atoms with Gasteiger partial charge >= 0.3 is 5.97 Å². The Morgan fingerprint density at radius 2 is 1.81 bits per heavy atom. The average molecular weight is 460 g/mol. The lowest BCUT2D eigenvalue weighted by molar-refractivity contribution is -0.119. The highest BCUT2D eigenvalue weighted by Gasteiger charge is 2.18. The van der Waals surface area contributed by atoms with E-state index in [1.807, 2.05) is 32.0 Å². The number of nitrogens with one attached hydrogen (secondary N) is 2. The highest BCUT2D eigenvalue weighted by molar-refractivity contribution is 7.89. The molecule has 8 nitrogen and oxygen atoms in total. The summed E-state index contributed by atoms with van der Waals surface area (Å²) < 4.78 is 32.6. The molecule has 0 aliphatic heterocycles. The van der Waals surface area contributed by atoms with E-state index >= 15 is 0 Å². The first-order valence-corrected chi connectivity index (χ1v) is 11.6. The lowest BCUT2D eigenvalue weighted by Gasteiger charge is -2.09. The van der Waals surface area contributed by atoms with Gasteiger partial charge in [0.05, 0.1) is 16.2 Å². The highest BCUT2D eigenvalue weighted by Crippen LogP contribution is 2.21. The summed E-state index contributed by atoms with van der Waals surface area (Å²) in [5.74, 6) is -1.34. The van der Waals surface area contributed by atoms with E-state index in [0.717, 1.165) is 16.1 Å². The summed E-state index contributed by atoms with van der Waals surface area (Å²) in [7, 11) is -3.83. The van der Waals surface area contributed by atoms with Crippen LogP contribution in [0.1, 0.15) is 26.5 Å². The normalized spacial score (nSPS) is 11.2. The molecule has 0 fully saturated rings. The van der Waals surface area contributed by atoms with Crippen LogP contribution in [0.4, 0.5) is 5.13 Å². The zero-order valence-electron chi connectivity index (χ0n) is 16.9. The van der Waals surface area contributed by atoms with E-state index in [1.165, 1.54) is 35.6 Å². The number of aromatic nitrogens is 1. The van der Waals surface area contributed by atoms with E-state index in [1.54, 1.807) is 12.1 Å². The predicted molar refractivity (Wildman–Crippen MR) is 117 cm³/mol. The fraction of sp³-hybridized carbons (Fsp3) is 0.190. The summed E-state index contributed by atoms with van der Waals surface area (Å²) in [6.45, 7) is 3.32. The first kappa shape index (κ1) is 22.6. The maximum absolute atomic E-state index is 12.5. The molecule has 3 rings (SSSR count). The number of carbonyl (C=O) groups excluding carboxylic acids is 2. The number of amides is 1. The zero-order chi connectivity index (χ0) is 22.4. The number of thiazole rings is 1. The van der Waals surface area contributed by atoms with Crippen molar-refractivity contribution >= 4 is 38.4 Å². The zero-order valence-corrected chi connectivity index (χ0v) is 18.5. The number of hydrogen-bond acceptors (Lipinski definition) is 7. The molecule has 1 aromatic heterocycles. The second kappa shape index (κ2) is 9.82. The van der Waals surface area contributed by atoms with Gasteiger partial charge in [-0.05, 0) is 37.6 Å². The van der Waals surface area contributed by atoms with Gasteiger partial charge in [-0.15, -0.1) is 11.3 Å². The number of rotatable bonds is 8. The Balaban J connectivity index is 1.59. The molecule has 0 spiro atoms. The van der Waals surface area contributed by atoms with Gasteiger partial charge in [0.15, 0.2) is 11.7 Å². The Morgan fingerprint density at radius 1 is 1.06 bits per heavy atom. The Morgan fingerprint density at radius 3 is 2.48 bits per heavy atom. The molecule has 0 bridgehead atoms. The molecule has 3 aromatic rings. The van der Waals surface area contributed by atoms with E-state index < -0.39 is 28.5 Å². The van der Waals surface area contributed by atoms with E-state index in [0.29, 0.717) is 5.13 Å². The minimum atomic E-state index is -3.83. The summed E-state index contributed by atoms with van der Waals surface area (Å²) in [5.41, 5.74) is 1.64. The fourth-order valence-corrected chi connectivity index (χ4v) is 4.44. The minimum absolute atomic E-state index is 0.0244. The first-order valence-electron chi connectivity index (χ1n) is 9.29. The average Bonchev–Trinajstić information content (AvgIpc) is 3.08. The van der Waals surface area contributed by atoms with Gasteiger partial charge < -0.3 is 4.74 Å². The standard InChI is InChI=1S/C21H21N3O5S2/c1-14-15(2)30-21(23-14)24-19(25)13-29-20(26)17-9-6-10-18(11-17)31(27,28)22-12-16-7-4-3-5-8-16/h3-11,22H,12-13H2,1-2H3,(H,23,24,25). The smallest absolute Gasteiger partial charge is 0.338 e. The molecular formula is C21H21N3O5S2. The number of esters is 1. The van der Waals surface area contributed by atoms with E-state index in [4.69, 9.17) is 4.74 Å². The molecule has 1 heterocycles. The van der Waals surface area contributed by atoms with Gasteiger partial charge in [-0.25, -0.2) is 22.9 Å². The van der Waals surface area contributed by atoms with Gasteiger partial charge in [0, 0.05) is 11.4 Å². The van der Waals surface area contributed by atoms with Crippen molar-refractivity contribution in [2.24, 2.45) is 0 Å². The summed E-state index contributed by atoms with van der Waals surface area (Å²) in [5, 5.41) is 2.99. The number of hydrogen-bond donors (Lipinski definition) is 2. The van der Waals surface area contributed by atoms with Gasteiger partial charge in [0.1, 0.15) is 0 Å². The molecule has 0 saturated heterocycles. The van der Waals surface area contributed by atoms with Crippen molar-refractivity contribution in [1.29, 1.82) is 0 Å². The van der Waals surface area contributed by atoms with Crippen LogP contribution in [0.25, 0.3) is 0 Å². The topological polar surface area (TPSA) is 114 Å². The van der Waals surface area contributed by atoms with Gasteiger partial charge in [0.2, 0.25) is 10.0 Å². The molecule has 0 unspecified atom stereocenters. The Labute approximate surface area is 184 Å². The molecule has 2 aromatic carbocycles. The van der Waals surface area contributed by atoms with Crippen molar-refractivity contribution in [2.75, 3.05) is 11.9 Å². The third-order valence-corrected chi connectivity index (χ3v) is 6.69. The van der Waals surface area contributed by atoms with Crippen LogP contribution in [0.2, 0.25) is 0 Å². The van der Waals surface area contributed by atoms with Crippen molar-refractivity contribution in [1.82, 2.24) is 9.71 Å². The van der Waals surface area contributed by atoms with Crippen LogP contribution in [0.3, 0.4) is 0 Å². The number of anilines is 1. The van der Waals surface area contributed by atoms with Gasteiger partial charge in [-0.3, -0.25) is 10.1 Å². The molecule has 0 radical (unpaired) electrons. The minimum Gasteiger partial charge on any atom is -0.452 e. The van der Waals surface area contributed by atoms with Crippen molar-refractivity contribution in [3.8, 4) is 0 Å². The Kier molecular flexibility index (Phi) is 7.16. The molecule has 0 aliphatic rings. The molecule has 10 heteroatoms. The summed E-state index contributed by atoms with van der Waals surface area (Å²) in [6.07, 6.45) is 0. The SMILES string of the molecule is Cc1nc(NC(=O)COC(=O)c2cccc(S(=O)(=O)NCc3ccccc3)c2)sc1C. The van der Waals surface area contributed by atoms with Gasteiger partial charge in [0.25, 0.3) is 5.91 Å². The third kappa shape index (κ3) is 6.20. The number of nitrogens with zero attached hydrogens (tertiary/aromatic N) is 1. The van der Waals surface area contributed by atoms with Gasteiger partial charge in [-0.1, -0.05) is 36.4 Å². The quantitative estimate of drug-likeness (QED) is 0.501. The maximum atomic E-state index is 12.5. The maximum Gasteiger partial charge on any atom is 0.338 e. The number of sulfonamides is 1. The van der Waals surface area contributed by atoms with Crippen LogP contribution in [0, 0.1) is 13.8 Å². The molecule has 162 valence electrons. The molecule has 2 N–H and O–H groups in total. The Hall–Kier alpha value is -3.08. The van der Waals surface area contributed by atoms with Crippen LogP contribution in [0.5, 0.6) is 0 Å². The predicted octanol–water partition coefficient (Wildman–Crippen LogP) is 3.03. The second-order valence-corrected chi connectivity index (χ2v) is 9.59. The van der Waals surface area contributed by atoms with Crippen LogP contribution < -0.4 is 10.0 Å². The lowest BCUT2D eigenvalue weighted by atomic mass is 10.2. The number of aryl methyl sites for hydroxylation is 2. The van der Waals surface area contributed by atoms with Crippen molar-refractivity contribution in [2.45, 2.75) is 25.3 Å². The summed E-state index contributed by atoms with van der Waals surface area (Å²) in [4.78, 5) is 29.4. The molecule has 1 amide bonds. The first-order chi connectivity index (χ1) is 14.7. The molecule has 0 saturated carbocycles. The van der Waals surface area contributed by atoms with E-state index in [2.05, 4.69) is 15.0 Å². The second-order valence-electron chi connectivity index (χ2n) is 6.62. The van der Waals surface area contributed by atoms with E-state index in [-0.39, 0.29) is 17.0 Å². The van der Waals surface area contributed by atoms with Crippen LogP contribution in [-0.4, -0.2) is 31.9 Å². The summed E-state index contributed by atoms with van der Waals surface area (Å²) >= 11 is 1.32. The Bertz CT molecular complexity index is 1170. The van der Waals surface area contributed by atoms with Crippen molar-refractivity contribution in [3.63, 3.8) is 0 Å². The van der Waals surface area contributed by atoms with E-state index in [9.17, 15) is 18.0 Å². The van der Waals surface area contributed by atoms with Gasteiger partial charge in [-0.2, -0.15) is 0 Å². The molecule has 31 heavy (non-hydrogen) atoms. The van der Waals surface area contributed by atoms with Crippen LogP contribution in [-0.2, 0) is 26.1 Å². The lowest BCUT2D eigenvalue weighted by Crippen LogP contribution is -2.24.